The van der Waals surface area contributed by atoms with Gasteiger partial charge in [0.05, 0.1) is 7.11 Å². The zero-order chi connectivity index (χ0) is 10.8. The zero-order valence-electron chi connectivity index (χ0n) is 9.39. The average Bonchev–Trinajstić information content (AvgIpc) is 1.99. The van der Waals surface area contributed by atoms with Crippen LogP contribution in [0.3, 0.4) is 0 Å². The van der Waals surface area contributed by atoms with Crippen LogP contribution in [0.25, 0.3) is 0 Å². The number of hydrogen-bond acceptors (Lipinski definition) is 2. The van der Waals surface area contributed by atoms with E-state index >= 15 is 0 Å². The van der Waals surface area contributed by atoms with Crippen molar-refractivity contribution in [3.63, 3.8) is 0 Å². The van der Waals surface area contributed by atoms with Gasteiger partial charge in [0.2, 0.25) is 0 Å². The topological polar surface area (TPSA) is 26.3 Å². The van der Waals surface area contributed by atoms with Crippen LogP contribution in [0.1, 0.15) is 33.6 Å². The summed E-state index contributed by atoms with van der Waals surface area (Å²) in [7, 11) is 1.41. The summed E-state index contributed by atoms with van der Waals surface area (Å²) < 4.78 is 4.61. The van der Waals surface area contributed by atoms with Crippen LogP contribution in [0.2, 0.25) is 0 Å². The quantitative estimate of drug-likeness (QED) is 0.474. The van der Waals surface area contributed by atoms with Crippen molar-refractivity contribution < 1.29 is 9.53 Å². The van der Waals surface area contributed by atoms with Crippen molar-refractivity contribution in [1.82, 2.24) is 0 Å². The predicted octanol–water partition coefficient (Wildman–Crippen LogP) is 2.85. The first kappa shape index (κ1) is 11.0. The first-order valence-electron chi connectivity index (χ1n) is 4.89. The van der Waals surface area contributed by atoms with E-state index in [1.165, 1.54) is 12.7 Å². The highest BCUT2D eigenvalue weighted by molar-refractivity contribution is 5.83. The molecule has 1 aliphatic carbocycles. The summed E-state index contributed by atoms with van der Waals surface area (Å²) in [6, 6.07) is 0. The minimum Gasteiger partial charge on any atom is -0.466 e. The summed E-state index contributed by atoms with van der Waals surface area (Å²) in [5.41, 5.74) is 2.67. The summed E-state index contributed by atoms with van der Waals surface area (Å²) in [6.07, 6.45) is 5.72. The number of esters is 1. The molecular weight excluding hydrogens is 176 g/mol. The second kappa shape index (κ2) is 3.99. The Morgan fingerprint density at radius 3 is 2.64 bits per heavy atom. The largest absolute Gasteiger partial charge is 0.466 e. The summed E-state index contributed by atoms with van der Waals surface area (Å²) >= 11 is 0. The molecule has 0 spiro atoms. The normalized spacial score (nSPS) is 23.1. The first-order valence-corrected chi connectivity index (χ1v) is 4.89. The second-order valence-electron chi connectivity index (χ2n) is 4.75. The molecule has 0 unspecified atom stereocenters. The highest BCUT2D eigenvalue weighted by Crippen LogP contribution is 2.37. The fraction of sp³-hybridized carbons (Fsp3) is 0.583. The van der Waals surface area contributed by atoms with Gasteiger partial charge in [-0.3, -0.25) is 0 Å². The van der Waals surface area contributed by atoms with Gasteiger partial charge < -0.3 is 4.74 Å². The Labute approximate surface area is 85.6 Å². The van der Waals surface area contributed by atoms with Crippen molar-refractivity contribution >= 4 is 5.97 Å². The lowest BCUT2D eigenvalue weighted by atomic mass is 9.75. The van der Waals surface area contributed by atoms with Crippen LogP contribution in [-0.4, -0.2) is 13.1 Å². The zero-order valence-corrected chi connectivity index (χ0v) is 9.39. The Kier molecular flexibility index (Phi) is 3.14. The number of hydrogen-bond donors (Lipinski definition) is 0. The van der Waals surface area contributed by atoms with Gasteiger partial charge in [-0.05, 0) is 30.8 Å². The predicted molar refractivity (Wildman–Crippen MR) is 56.9 cm³/mol. The van der Waals surface area contributed by atoms with E-state index in [-0.39, 0.29) is 11.4 Å². The molecule has 0 saturated carbocycles. The summed E-state index contributed by atoms with van der Waals surface area (Å²) in [5, 5.41) is 0. The van der Waals surface area contributed by atoms with E-state index in [2.05, 4.69) is 31.6 Å². The third-order valence-corrected chi connectivity index (χ3v) is 2.38. The summed E-state index contributed by atoms with van der Waals surface area (Å²) in [6.45, 7) is 6.54. The standard InChI is InChI=1S/C12H18O2/c1-9-5-10(6-11(13)14-4)8-12(2,3)7-9/h5-6H,7-8H2,1-4H3/b10-6+. The van der Waals surface area contributed by atoms with Crippen LogP contribution in [-0.2, 0) is 9.53 Å². The van der Waals surface area contributed by atoms with Crippen molar-refractivity contribution in [2.24, 2.45) is 5.41 Å². The maximum atomic E-state index is 11.1. The van der Waals surface area contributed by atoms with Crippen LogP contribution >= 0.6 is 0 Å². The number of carbonyl (C=O) groups is 1. The first-order chi connectivity index (χ1) is 6.43. The SMILES string of the molecule is COC(=O)/C=C1\C=C(C)CC(C)(C)C1. The van der Waals surface area contributed by atoms with E-state index in [0.717, 1.165) is 18.4 Å². The lowest BCUT2D eigenvalue weighted by Crippen LogP contribution is -2.17. The molecule has 1 aliphatic rings. The van der Waals surface area contributed by atoms with Gasteiger partial charge in [-0.15, -0.1) is 0 Å². The molecule has 0 aromatic carbocycles. The van der Waals surface area contributed by atoms with Crippen molar-refractivity contribution in [1.29, 1.82) is 0 Å². The van der Waals surface area contributed by atoms with Gasteiger partial charge in [-0.1, -0.05) is 25.5 Å². The van der Waals surface area contributed by atoms with E-state index in [0.29, 0.717) is 0 Å². The second-order valence-corrected chi connectivity index (χ2v) is 4.75. The number of methoxy groups -OCH3 is 1. The fourth-order valence-corrected chi connectivity index (χ4v) is 2.09. The Bertz CT molecular complexity index is 295. The maximum absolute atomic E-state index is 11.1. The molecule has 0 saturated heterocycles. The van der Waals surface area contributed by atoms with Crippen LogP contribution < -0.4 is 0 Å². The van der Waals surface area contributed by atoms with Crippen LogP contribution in [0, 0.1) is 5.41 Å². The van der Waals surface area contributed by atoms with E-state index in [9.17, 15) is 4.79 Å². The van der Waals surface area contributed by atoms with Gasteiger partial charge in [0.15, 0.2) is 0 Å². The molecule has 0 aromatic heterocycles. The highest BCUT2D eigenvalue weighted by atomic mass is 16.5. The van der Waals surface area contributed by atoms with Gasteiger partial charge in [-0.2, -0.15) is 0 Å². The van der Waals surface area contributed by atoms with E-state index in [4.69, 9.17) is 0 Å². The Morgan fingerprint density at radius 1 is 1.50 bits per heavy atom. The number of ether oxygens (including phenoxy) is 1. The molecule has 0 heterocycles. The molecule has 0 aromatic rings. The van der Waals surface area contributed by atoms with Gasteiger partial charge in [0.1, 0.15) is 0 Å². The van der Waals surface area contributed by atoms with E-state index in [1.807, 2.05) is 0 Å². The van der Waals surface area contributed by atoms with E-state index < -0.39 is 0 Å². The molecule has 0 aliphatic heterocycles. The smallest absolute Gasteiger partial charge is 0.330 e. The molecule has 14 heavy (non-hydrogen) atoms. The van der Waals surface area contributed by atoms with E-state index in [1.54, 1.807) is 6.08 Å². The highest BCUT2D eigenvalue weighted by Gasteiger charge is 2.23. The molecule has 0 fully saturated rings. The summed E-state index contributed by atoms with van der Waals surface area (Å²) in [5.74, 6) is -0.262. The maximum Gasteiger partial charge on any atom is 0.330 e. The van der Waals surface area contributed by atoms with Crippen molar-refractivity contribution in [2.75, 3.05) is 7.11 Å². The number of carbonyl (C=O) groups excluding carboxylic acids is 1. The molecule has 1 rings (SSSR count). The van der Waals surface area contributed by atoms with Gasteiger partial charge >= 0.3 is 5.97 Å². The number of allylic oxidation sites excluding steroid dienone is 3. The van der Waals surface area contributed by atoms with Crippen LogP contribution in [0.4, 0.5) is 0 Å². The average molecular weight is 194 g/mol. The number of rotatable bonds is 1. The molecule has 0 radical (unpaired) electrons. The molecule has 0 bridgehead atoms. The Hall–Kier alpha value is -1.05. The minimum absolute atomic E-state index is 0.262. The minimum atomic E-state index is -0.262. The monoisotopic (exact) mass is 194 g/mol. The van der Waals surface area contributed by atoms with Crippen molar-refractivity contribution in [2.45, 2.75) is 33.6 Å². The van der Waals surface area contributed by atoms with Crippen LogP contribution in [0.5, 0.6) is 0 Å². The molecule has 0 amide bonds. The third-order valence-electron chi connectivity index (χ3n) is 2.38. The van der Waals surface area contributed by atoms with Gasteiger partial charge in [-0.25, -0.2) is 4.79 Å². The Balaban J connectivity index is 2.86. The summed E-state index contributed by atoms with van der Waals surface area (Å²) in [4.78, 5) is 11.1. The molecular formula is C12H18O2. The molecule has 0 atom stereocenters. The Morgan fingerprint density at radius 2 is 2.14 bits per heavy atom. The van der Waals surface area contributed by atoms with Gasteiger partial charge in [0.25, 0.3) is 0 Å². The molecule has 0 N–H and O–H groups in total. The lowest BCUT2D eigenvalue weighted by molar-refractivity contribution is -0.134. The lowest BCUT2D eigenvalue weighted by Gasteiger charge is -2.30. The molecule has 2 nitrogen and oxygen atoms in total. The van der Waals surface area contributed by atoms with Crippen molar-refractivity contribution in [3.8, 4) is 0 Å². The molecule has 78 valence electrons. The van der Waals surface area contributed by atoms with Crippen LogP contribution in [0.15, 0.2) is 23.3 Å². The molecule has 2 heteroatoms. The third kappa shape index (κ3) is 3.02. The fourth-order valence-electron chi connectivity index (χ4n) is 2.09. The van der Waals surface area contributed by atoms with Crippen molar-refractivity contribution in [3.05, 3.63) is 23.3 Å². The van der Waals surface area contributed by atoms with Gasteiger partial charge in [0, 0.05) is 6.08 Å².